The summed E-state index contributed by atoms with van der Waals surface area (Å²) in [4.78, 5) is 10.5. The molecule has 144 valence electrons. The molecule has 0 aliphatic carbocycles. The summed E-state index contributed by atoms with van der Waals surface area (Å²) in [6.07, 6.45) is -3.57. The highest BCUT2D eigenvalue weighted by atomic mass is 19.4. The van der Waals surface area contributed by atoms with Crippen molar-refractivity contribution < 1.29 is 37.3 Å². The van der Waals surface area contributed by atoms with Gasteiger partial charge in [0.05, 0.1) is 19.8 Å². The van der Waals surface area contributed by atoms with Crippen LogP contribution in [0.4, 0.5) is 13.2 Å². The van der Waals surface area contributed by atoms with Crippen LogP contribution < -0.4 is 4.74 Å². The minimum atomic E-state index is -4.62. The van der Waals surface area contributed by atoms with Gasteiger partial charge in [-0.25, -0.2) is 0 Å². The molecule has 0 spiro atoms. The Kier molecular flexibility index (Phi) is 7.05. The molecule has 0 bridgehead atoms. The predicted octanol–water partition coefficient (Wildman–Crippen LogP) is 4.10. The molecule has 0 amide bonds. The van der Waals surface area contributed by atoms with Gasteiger partial charge in [-0.2, -0.15) is 13.2 Å². The third-order valence-corrected chi connectivity index (χ3v) is 4.00. The molecule has 2 rings (SSSR count). The Hall–Kier alpha value is -2.06. The van der Waals surface area contributed by atoms with Crippen LogP contribution in [0.3, 0.4) is 0 Å². The Morgan fingerprint density at radius 3 is 2.73 bits per heavy atom. The van der Waals surface area contributed by atoms with Gasteiger partial charge in [-0.1, -0.05) is 30.4 Å². The zero-order valence-corrected chi connectivity index (χ0v) is 14.2. The fraction of sp³-hybridized carbons (Fsp3) is 0.500. The van der Waals surface area contributed by atoms with Gasteiger partial charge in [0.15, 0.2) is 0 Å². The van der Waals surface area contributed by atoms with Crippen molar-refractivity contribution in [1.82, 2.24) is 0 Å². The summed E-state index contributed by atoms with van der Waals surface area (Å²) in [6.45, 7) is -0.129. The number of halogens is 3. The van der Waals surface area contributed by atoms with E-state index in [2.05, 4.69) is 0 Å². The first-order valence-corrected chi connectivity index (χ1v) is 8.16. The number of allylic oxidation sites excluding steroid dienone is 2. The molecule has 5 nitrogen and oxygen atoms in total. The number of benzene rings is 1. The summed E-state index contributed by atoms with van der Waals surface area (Å²) in [5.41, 5.74) is 0.525. The normalized spacial score (nSPS) is 23.9. The van der Waals surface area contributed by atoms with Crippen LogP contribution in [0.5, 0.6) is 5.75 Å². The Bertz CT molecular complexity index is 629. The number of carboxylic acid groups (broad SMARTS) is 1. The molecule has 26 heavy (non-hydrogen) atoms. The van der Waals surface area contributed by atoms with Crippen molar-refractivity contribution >= 4 is 5.97 Å². The predicted molar refractivity (Wildman–Crippen MR) is 86.7 cm³/mol. The minimum Gasteiger partial charge on any atom is -0.496 e. The summed E-state index contributed by atoms with van der Waals surface area (Å²) >= 11 is 0. The average molecular weight is 374 g/mol. The minimum absolute atomic E-state index is 0.000249. The number of rotatable bonds is 7. The number of aliphatic carboxylic acids is 1. The third kappa shape index (κ3) is 5.47. The molecule has 3 unspecified atom stereocenters. The van der Waals surface area contributed by atoms with Crippen LogP contribution in [0.15, 0.2) is 36.4 Å². The summed E-state index contributed by atoms with van der Waals surface area (Å²) in [5, 5.41) is 8.62. The number of hydrogen-bond acceptors (Lipinski definition) is 4. The van der Waals surface area contributed by atoms with Crippen LogP contribution >= 0.6 is 0 Å². The van der Waals surface area contributed by atoms with Crippen molar-refractivity contribution in [2.45, 2.75) is 37.8 Å². The lowest BCUT2D eigenvalue weighted by atomic mass is 9.91. The van der Waals surface area contributed by atoms with Gasteiger partial charge in [0.25, 0.3) is 6.29 Å². The van der Waals surface area contributed by atoms with E-state index < -0.39 is 24.5 Å². The molecule has 0 radical (unpaired) electrons. The number of carbonyl (C=O) groups is 1. The van der Waals surface area contributed by atoms with E-state index in [1.165, 1.54) is 7.11 Å². The van der Waals surface area contributed by atoms with Crippen LogP contribution in [0.2, 0.25) is 0 Å². The first-order chi connectivity index (χ1) is 12.3. The van der Waals surface area contributed by atoms with Gasteiger partial charge in [0.2, 0.25) is 0 Å². The SMILES string of the molecule is COc1ccccc1C1OC(C(F)(F)F)OCC1C/C=C\CCC(=O)O. The Morgan fingerprint density at radius 1 is 1.35 bits per heavy atom. The average Bonchev–Trinajstić information content (AvgIpc) is 2.60. The molecule has 1 heterocycles. The van der Waals surface area contributed by atoms with Crippen molar-refractivity contribution in [1.29, 1.82) is 0 Å². The van der Waals surface area contributed by atoms with Gasteiger partial charge in [0.1, 0.15) is 5.75 Å². The molecule has 0 saturated carbocycles. The van der Waals surface area contributed by atoms with E-state index in [0.717, 1.165) is 0 Å². The highest BCUT2D eigenvalue weighted by molar-refractivity contribution is 5.66. The van der Waals surface area contributed by atoms with E-state index >= 15 is 0 Å². The summed E-state index contributed by atoms with van der Waals surface area (Å²) in [7, 11) is 1.44. The Labute approximate surface area is 149 Å². The van der Waals surface area contributed by atoms with Gasteiger partial charge < -0.3 is 19.3 Å². The van der Waals surface area contributed by atoms with E-state index in [1.807, 2.05) is 0 Å². The molecule has 3 atom stereocenters. The van der Waals surface area contributed by atoms with Crippen molar-refractivity contribution in [3.63, 3.8) is 0 Å². The quantitative estimate of drug-likeness (QED) is 0.728. The van der Waals surface area contributed by atoms with Gasteiger partial charge >= 0.3 is 12.1 Å². The maximum Gasteiger partial charge on any atom is 0.440 e. The summed E-state index contributed by atoms with van der Waals surface area (Å²) in [6, 6.07) is 6.77. The van der Waals surface area contributed by atoms with E-state index in [-0.39, 0.29) is 18.9 Å². The first-order valence-electron chi connectivity index (χ1n) is 8.16. The van der Waals surface area contributed by atoms with E-state index in [1.54, 1.807) is 36.4 Å². The number of carboxylic acids is 1. The Morgan fingerprint density at radius 2 is 2.08 bits per heavy atom. The molecule has 1 aliphatic heterocycles. The van der Waals surface area contributed by atoms with Crippen LogP contribution in [0, 0.1) is 5.92 Å². The molecule has 1 aromatic carbocycles. The number of methoxy groups -OCH3 is 1. The molecule has 8 heteroatoms. The molecular weight excluding hydrogens is 353 g/mol. The van der Waals surface area contributed by atoms with Crippen LogP contribution in [0.25, 0.3) is 0 Å². The maximum atomic E-state index is 13.0. The zero-order valence-electron chi connectivity index (χ0n) is 14.2. The smallest absolute Gasteiger partial charge is 0.440 e. The van der Waals surface area contributed by atoms with Crippen LogP contribution in [-0.4, -0.2) is 37.3 Å². The number of alkyl halides is 3. The number of para-hydroxylation sites is 1. The molecule has 1 aliphatic rings. The van der Waals surface area contributed by atoms with Crippen molar-refractivity contribution in [3.05, 3.63) is 42.0 Å². The lowest BCUT2D eigenvalue weighted by Crippen LogP contribution is -2.43. The Balaban J connectivity index is 2.16. The highest BCUT2D eigenvalue weighted by Crippen LogP contribution is 2.42. The fourth-order valence-corrected chi connectivity index (χ4v) is 2.77. The standard InChI is InChI=1S/C18H21F3O5/c1-24-14-9-6-5-8-13(14)16-12(7-3-2-4-10-15(22)23)11-25-17(26-16)18(19,20)21/h2-3,5-6,8-9,12,16-17H,4,7,10-11H2,1H3,(H,22,23)/b3-2-. The molecule has 1 fully saturated rings. The van der Waals surface area contributed by atoms with Gasteiger partial charge in [-0.3, -0.25) is 4.79 Å². The van der Waals surface area contributed by atoms with E-state index in [9.17, 15) is 18.0 Å². The van der Waals surface area contributed by atoms with Crippen LogP contribution in [0.1, 0.15) is 30.9 Å². The second-order valence-corrected chi connectivity index (χ2v) is 5.91. The molecule has 1 aromatic rings. The van der Waals surface area contributed by atoms with Crippen molar-refractivity contribution in [2.75, 3.05) is 13.7 Å². The molecule has 1 N–H and O–H groups in total. The van der Waals surface area contributed by atoms with E-state index in [4.69, 9.17) is 19.3 Å². The van der Waals surface area contributed by atoms with Crippen molar-refractivity contribution in [2.24, 2.45) is 5.92 Å². The fourth-order valence-electron chi connectivity index (χ4n) is 2.77. The summed E-state index contributed by atoms with van der Waals surface area (Å²) in [5.74, 6) is -0.815. The maximum absolute atomic E-state index is 13.0. The number of ether oxygens (including phenoxy) is 3. The topological polar surface area (TPSA) is 65.0 Å². The van der Waals surface area contributed by atoms with Crippen molar-refractivity contribution in [3.8, 4) is 5.75 Å². The lowest BCUT2D eigenvalue weighted by Gasteiger charge is -2.37. The van der Waals surface area contributed by atoms with E-state index in [0.29, 0.717) is 24.2 Å². The third-order valence-electron chi connectivity index (χ3n) is 4.00. The second kappa shape index (κ2) is 9.05. The highest BCUT2D eigenvalue weighted by Gasteiger charge is 2.48. The molecule has 1 saturated heterocycles. The largest absolute Gasteiger partial charge is 0.496 e. The number of hydrogen-bond donors (Lipinski definition) is 1. The molecular formula is C18H21F3O5. The van der Waals surface area contributed by atoms with Gasteiger partial charge in [-0.15, -0.1) is 0 Å². The zero-order chi connectivity index (χ0) is 19.2. The monoisotopic (exact) mass is 374 g/mol. The van der Waals surface area contributed by atoms with Gasteiger partial charge in [-0.05, 0) is 18.9 Å². The lowest BCUT2D eigenvalue weighted by molar-refractivity contribution is -0.353. The second-order valence-electron chi connectivity index (χ2n) is 5.91. The van der Waals surface area contributed by atoms with Gasteiger partial charge in [0, 0.05) is 17.9 Å². The first kappa shape index (κ1) is 20.3. The molecule has 0 aromatic heterocycles. The van der Waals surface area contributed by atoms with Crippen LogP contribution in [-0.2, 0) is 14.3 Å². The summed E-state index contributed by atoms with van der Waals surface area (Å²) < 4.78 is 54.4.